The standard InChI is InChI=1S/C14H23NO3/c1-10(2)12(16)7-5-4-6-8-15-13(17)9-11(3)14(15)18/h10-11H,4-9H2,1-3H3. The monoisotopic (exact) mass is 253 g/mol. The van der Waals surface area contributed by atoms with Crippen molar-refractivity contribution in [3.63, 3.8) is 0 Å². The topological polar surface area (TPSA) is 54.5 Å². The van der Waals surface area contributed by atoms with Crippen LogP contribution < -0.4 is 0 Å². The van der Waals surface area contributed by atoms with Gasteiger partial charge in [0.2, 0.25) is 11.8 Å². The van der Waals surface area contributed by atoms with Crippen LogP contribution in [-0.2, 0) is 14.4 Å². The van der Waals surface area contributed by atoms with Gasteiger partial charge in [-0.2, -0.15) is 0 Å². The van der Waals surface area contributed by atoms with Crippen molar-refractivity contribution in [2.24, 2.45) is 11.8 Å². The SMILES string of the molecule is CC(C)C(=O)CCCCCN1C(=O)CC(C)C1=O. The highest BCUT2D eigenvalue weighted by Crippen LogP contribution is 2.19. The highest BCUT2D eigenvalue weighted by atomic mass is 16.2. The first kappa shape index (κ1) is 14.9. The number of hydrogen-bond donors (Lipinski definition) is 0. The Morgan fingerprint density at radius 3 is 2.44 bits per heavy atom. The molecule has 0 spiro atoms. The lowest BCUT2D eigenvalue weighted by molar-refractivity contribution is -0.139. The van der Waals surface area contributed by atoms with Crippen LogP contribution in [0.1, 0.15) is 52.9 Å². The van der Waals surface area contributed by atoms with Crippen molar-refractivity contribution < 1.29 is 14.4 Å². The molecule has 18 heavy (non-hydrogen) atoms. The molecule has 0 bridgehead atoms. The van der Waals surface area contributed by atoms with Crippen molar-refractivity contribution in [3.8, 4) is 0 Å². The summed E-state index contributed by atoms with van der Waals surface area (Å²) in [5.41, 5.74) is 0. The molecule has 1 aliphatic heterocycles. The van der Waals surface area contributed by atoms with Gasteiger partial charge in [0, 0.05) is 31.2 Å². The van der Waals surface area contributed by atoms with Crippen molar-refractivity contribution in [2.45, 2.75) is 52.9 Å². The van der Waals surface area contributed by atoms with Gasteiger partial charge in [0.05, 0.1) is 0 Å². The number of Topliss-reactive ketones (excluding diaryl/α,β-unsaturated/α-hetero) is 1. The van der Waals surface area contributed by atoms with Crippen molar-refractivity contribution in [2.75, 3.05) is 6.54 Å². The summed E-state index contributed by atoms with van der Waals surface area (Å²) in [5, 5.41) is 0. The summed E-state index contributed by atoms with van der Waals surface area (Å²) in [4.78, 5) is 35.9. The molecule has 102 valence electrons. The van der Waals surface area contributed by atoms with E-state index in [-0.39, 0.29) is 29.4 Å². The first-order chi connectivity index (χ1) is 8.43. The van der Waals surface area contributed by atoms with Crippen LogP contribution in [0.25, 0.3) is 0 Å². The molecule has 0 N–H and O–H groups in total. The summed E-state index contributed by atoms with van der Waals surface area (Å²) in [5.74, 6) is 0.147. The van der Waals surface area contributed by atoms with Gasteiger partial charge in [0.15, 0.2) is 0 Å². The number of ketones is 1. The molecule has 1 saturated heterocycles. The minimum Gasteiger partial charge on any atom is -0.299 e. The lowest BCUT2D eigenvalue weighted by Gasteiger charge is -2.13. The number of carbonyl (C=O) groups excluding carboxylic acids is 3. The molecule has 1 atom stereocenters. The van der Waals surface area contributed by atoms with Crippen LogP contribution in [-0.4, -0.2) is 29.0 Å². The molecule has 0 radical (unpaired) electrons. The van der Waals surface area contributed by atoms with Crippen LogP contribution in [0, 0.1) is 11.8 Å². The molecule has 1 heterocycles. The van der Waals surface area contributed by atoms with E-state index in [1.165, 1.54) is 4.90 Å². The maximum atomic E-state index is 11.6. The molecular weight excluding hydrogens is 230 g/mol. The van der Waals surface area contributed by atoms with Gasteiger partial charge >= 0.3 is 0 Å². The minimum absolute atomic E-state index is 0.0433. The van der Waals surface area contributed by atoms with Crippen molar-refractivity contribution in [1.29, 1.82) is 0 Å². The van der Waals surface area contributed by atoms with Crippen LogP contribution in [0.4, 0.5) is 0 Å². The predicted octanol–water partition coefficient (Wildman–Crippen LogP) is 2.17. The molecular formula is C14H23NO3. The number of nitrogens with zero attached hydrogens (tertiary/aromatic N) is 1. The fourth-order valence-electron chi connectivity index (χ4n) is 2.12. The van der Waals surface area contributed by atoms with E-state index in [0.29, 0.717) is 19.4 Å². The molecule has 4 nitrogen and oxygen atoms in total. The van der Waals surface area contributed by atoms with Gasteiger partial charge in [-0.15, -0.1) is 0 Å². The smallest absolute Gasteiger partial charge is 0.232 e. The molecule has 0 aromatic carbocycles. The predicted molar refractivity (Wildman–Crippen MR) is 68.8 cm³/mol. The van der Waals surface area contributed by atoms with Gasteiger partial charge in [-0.3, -0.25) is 19.3 Å². The second-order valence-electron chi connectivity index (χ2n) is 5.42. The van der Waals surface area contributed by atoms with E-state index in [1.54, 1.807) is 6.92 Å². The fourth-order valence-corrected chi connectivity index (χ4v) is 2.12. The number of rotatable bonds is 7. The van der Waals surface area contributed by atoms with Crippen molar-refractivity contribution in [1.82, 2.24) is 4.90 Å². The van der Waals surface area contributed by atoms with Gasteiger partial charge in [0.25, 0.3) is 0 Å². The Kier molecular flexibility index (Phi) is 5.51. The summed E-state index contributed by atoms with van der Waals surface area (Å²) in [6, 6.07) is 0. The summed E-state index contributed by atoms with van der Waals surface area (Å²) in [7, 11) is 0. The molecule has 0 saturated carbocycles. The van der Waals surface area contributed by atoms with E-state index >= 15 is 0 Å². The van der Waals surface area contributed by atoms with E-state index in [0.717, 1.165) is 19.3 Å². The van der Waals surface area contributed by atoms with Crippen LogP contribution in [0.15, 0.2) is 0 Å². The number of hydrogen-bond acceptors (Lipinski definition) is 3. The molecule has 1 aliphatic rings. The third-order valence-electron chi connectivity index (χ3n) is 3.42. The summed E-state index contributed by atoms with van der Waals surface area (Å²) >= 11 is 0. The normalized spacial score (nSPS) is 20.0. The van der Waals surface area contributed by atoms with Crippen LogP contribution in [0.5, 0.6) is 0 Å². The third kappa shape index (κ3) is 3.93. The first-order valence-electron chi connectivity index (χ1n) is 6.80. The molecule has 2 amide bonds. The van der Waals surface area contributed by atoms with Crippen LogP contribution >= 0.6 is 0 Å². The minimum atomic E-state index is -0.153. The zero-order chi connectivity index (χ0) is 13.7. The molecule has 0 aliphatic carbocycles. The first-order valence-corrected chi connectivity index (χ1v) is 6.80. The van der Waals surface area contributed by atoms with Gasteiger partial charge in [-0.05, 0) is 12.8 Å². The number of amides is 2. The Balaban J connectivity index is 2.17. The summed E-state index contributed by atoms with van der Waals surface area (Å²) in [6.07, 6.45) is 3.50. The largest absolute Gasteiger partial charge is 0.299 e. The highest BCUT2D eigenvalue weighted by molar-refractivity contribution is 6.03. The molecule has 1 rings (SSSR count). The van der Waals surface area contributed by atoms with Crippen LogP contribution in [0.3, 0.4) is 0 Å². The quantitative estimate of drug-likeness (QED) is 0.516. The summed E-state index contributed by atoms with van der Waals surface area (Å²) < 4.78 is 0. The Bertz CT molecular complexity index is 336. The average molecular weight is 253 g/mol. The highest BCUT2D eigenvalue weighted by Gasteiger charge is 2.34. The molecule has 0 aromatic rings. The van der Waals surface area contributed by atoms with Crippen molar-refractivity contribution in [3.05, 3.63) is 0 Å². The van der Waals surface area contributed by atoms with E-state index in [4.69, 9.17) is 0 Å². The van der Waals surface area contributed by atoms with Crippen molar-refractivity contribution >= 4 is 17.6 Å². The second kappa shape index (κ2) is 6.66. The van der Waals surface area contributed by atoms with E-state index in [1.807, 2.05) is 13.8 Å². The number of unbranched alkanes of at least 4 members (excludes halogenated alkanes) is 2. The molecule has 1 fully saturated rings. The Morgan fingerprint density at radius 2 is 1.94 bits per heavy atom. The lowest BCUT2D eigenvalue weighted by atomic mass is 10.0. The number of likely N-dealkylation sites (tertiary alicyclic amines) is 1. The number of imide groups is 1. The van der Waals surface area contributed by atoms with E-state index < -0.39 is 0 Å². The maximum Gasteiger partial charge on any atom is 0.232 e. The third-order valence-corrected chi connectivity index (χ3v) is 3.42. The van der Waals surface area contributed by atoms with Gasteiger partial charge in [0.1, 0.15) is 5.78 Å². The average Bonchev–Trinajstić information content (AvgIpc) is 2.54. The lowest BCUT2D eigenvalue weighted by Crippen LogP contribution is -2.31. The van der Waals surface area contributed by atoms with Gasteiger partial charge < -0.3 is 0 Å². The Morgan fingerprint density at radius 1 is 1.28 bits per heavy atom. The molecule has 0 aromatic heterocycles. The van der Waals surface area contributed by atoms with Gasteiger partial charge in [-0.25, -0.2) is 0 Å². The van der Waals surface area contributed by atoms with Crippen LogP contribution in [0.2, 0.25) is 0 Å². The zero-order valence-electron chi connectivity index (χ0n) is 11.6. The number of carbonyl (C=O) groups is 3. The molecule has 4 heteroatoms. The van der Waals surface area contributed by atoms with Gasteiger partial charge in [-0.1, -0.05) is 27.2 Å². The Labute approximate surface area is 109 Å². The Hall–Kier alpha value is -1.19. The maximum absolute atomic E-state index is 11.6. The fraction of sp³-hybridized carbons (Fsp3) is 0.786. The molecule has 1 unspecified atom stereocenters. The second-order valence-corrected chi connectivity index (χ2v) is 5.42. The van der Waals surface area contributed by atoms with E-state index in [2.05, 4.69) is 0 Å². The zero-order valence-corrected chi connectivity index (χ0v) is 11.6. The summed E-state index contributed by atoms with van der Waals surface area (Å²) in [6.45, 7) is 6.12. The van der Waals surface area contributed by atoms with E-state index in [9.17, 15) is 14.4 Å².